The first-order chi connectivity index (χ1) is 9.75. The summed E-state index contributed by atoms with van der Waals surface area (Å²) in [5.74, 6) is 2.14. The molecule has 0 aliphatic heterocycles. The number of hydrogen-bond acceptors (Lipinski definition) is 6. The zero-order valence-corrected chi connectivity index (χ0v) is 12.6. The summed E-state index contributed by atoms with van der Waals surface area (Å²) >= 11 is 1.72. The third-order valence-corrected chi connectivity index (χ3v) is 3.41. The van der Waals surface area contributed by atoms with E-state index in [4.69, 9.17) is 4.74 Å². The second kappa shape index (κ2) is 7.12. The molecular formula is C14H18N4OS. The monoisotopic (exact) mass is 290 g/mol. The molecule has 0 saturated carbocycles. The highest BCUT2D eigenvalue weighted by atomic mass is 32.2. The number of methoxy groups -OCH3 is 1. The Balaban J connectivity index is 2.20. The zero-order chi connectivity index (χ0) is 14.4. The first-order valence-corrected chi connectivity index (χ1v) is 7.43. The molecule has 0 saturated heterocycles. The zero-order valence-electron chi connectivity index (χ0n) is 11.8. The van der Waals surface area contributed by atoms with Gasteiger partial charge in [0.2, 0.25) is 0 Å². The van der Waals surface area contributed by atoms with Crippen molar-refractivity contribution in [1.82, 2.24) is 9.97 Å². The van der Waals surface area contributed by atoms with Gasteiger partial charge in [-0.25, -0.2) is 9.97 Å². The molecular weight excluding hydrogens is 272 g/mol. The molecule has 2 N–H and O–H groups in total. The maximum absolute atomic E-state index is 5.08. The predicted octanol–water partition coefficient (Wildman–Crippen LogP) is 3.13. The van der Waals surface area contributed by atoms with Gasteiger partial charge in [0.25, 0.3) is 0 Å². The van der Waals surface area contributed by atoms with Crippen molar-refractivity contribution in [2.75, 3.05) is 31.0 Å². The van der Waals surface area contributed by atoms with Crippen molar-refractivity contribution < 1.29 is 4.74 Å². The van der Waals surface area contributed by atoms with Gasteiger partial charge in [-0.2, -0.15) is 0 Å². The maximum atomic E-state index is 5.08. The summed E-state index contributed by atoms with van der Waals surface area (Å²) in [4.78, 5) is 9.97. The summed E-state index contributed by atoms with van der Waals surface area (Å²) in [5.41, 5.74) is 0.993. The number of rotatable bonds is 6. The first kappa shape index (κ1) is 14.6. The van der Waals surface area contributed by atoms with E-state index >= 15 is 0 Å². The van der Waals surface area contributed by atoms with E-state index in [0.717, 1.165) is 17.3 Å². The van der Waals surface area contributed by atoms with Crippen LogP contribution >= 0.6 is 11.8 Å². The van der Waals surface area contributed by atoms with E-state index in [0.29, 0.717) is 12.4 Å². The molecule has 2 rings (SSSR count). The number of hydrogen-bond donors (Lipinski definition) is 2. The molecule has 1 aromatic heterocycles. The number of aromatic nitrogens is 2. The standard InChI is InChI=1S/C14H18N4OS/c1-15-12-8-13(18-14(17-12)9-19-2)16-10-4-6-11(20-3)7-5-10/h4-8H,9H2,1-3H3,(H2,15,16,17,18). The van der Waals surface area contributed by atoms with Crippen LogP contribution in [0.5, 0.6) is 0 Å². The van der Waals surface area contributed by atoms with Gasteiger partial charge in [-0.1, -0.05) is 0 Å². The summed E-state index contributed by atoms with van der Waals surface area (Å²) in [6.45, 7) is 0.385. The Labute approximate surface area is 123 Å². The molecule has 2 aromatic rings. The van der Waals surface area contributed by atoms with Crippen LogP contribution in [0.15, 0.2) is 35.2 Å². The SMILES string of the molecule is CNc1cc(Nc2ccc(SC)cc2)nc(COC)n1. The fraction of sp³-hybridized carbons (Fsp3) is 0.286. The van der Waals surface area contributed by atoms with Crippen LogP contribution < -0.4 is 10.6 Å². The highest BCUT2D eigenvalue weighted by Gasteiger charge is 2.04. The van der Waals surface area contributed by atoms with Crippen molar-refractivity contribution in [1.29, 1.82) is 0 Å². The normalized spacial score (nSPS) is 10.3. The average Bonchev–Trinajstić information content (AvgIpc) is 2.48. The molecule has 0 spiro atoms. The minimum Gasteiger partial charge on any atom is -0.377 e. The summed E-state index contributed by atoms with van der Waals surface area (Å²) in [7, 11) is 3.46. The molecule has 20 heavy (non-hydrogen) atoms. The molecule has 5 nitrogen and oxygen atoms in total. The van der Waals surface area contributed by atoms with Gasteiger partial charge >= 0.3 is 0 Å². The largest absolute Gasteiger partial charge is 0.377 e. The van der Waals surface area contributed by atoms with Gasteiger partial charge in [0.05, 0.1) is 0 Å². The van der Waals surface area contributed by atoms with Crippen LogP contribution in [0.4, 0.5) is 17.3 Å². The van der Waals surface area contributed by atoms with E-state index in [1.165, 1.54) is 4.90 Å². The van der Waals surface area contributed by atoms with Gasteiger partial charge in [-0.15, -0.1) is 11.8 Å². The first-order valence-electron chi connectivity index (χ1n) is 6.21. The second-order valence-electron chi connectivity index (χ2n) is 4.09. The summed E-state index contributed by atoms with van der Waals surface area (Å²) < 4.78 is 5.08. The number of anilines is 3. The Morgan fingerprint density at radius 3 is 2.45 bits per heavy atom. The number of benzene rings is 1. The van der Waals surface area contributed by atoms with Crippen LogP contribution in [0.25, 0.3) is 0 Å². The number of ether oxygens (including phenoxy) is 1. The lowest BCUT2D eigenvalue weighted by Crippen LogP contribution is -2.04. The van der Waals surface area contributed by atoms with Gasteiger partial charge in [0.1, 0.15) is 18.2 Å². The number of thioether (sulfide) groups is 1. The fourth-order valence-electron chi connectivity index (χ4n) is 1.71. The summed E-state index contributed by atoms with van der Waals surface area (Å²) in [5, 5.41) is 6.29. The summed E-state index contributed by atoms with van der Waals surface area (Å²) in [6, 6.07) is 10.1. The van der Waals surface area contributed by atoms with E-state index < -0.39 is 0 Å². The Hall–Kier alpha value is -1.79. The number of nitrogens with one attached hydrogen (secondary N) is 2. The average molecular weight is 290 g/mol. The number of nitrogens with zero attached hydrogens (tertiary/aromatic N) is 2. The minimum atomic E-state index is 0.385. The third kappa shape index (κ3) is 3.85. The van der Waals surface area contributed by atoms with Crippen molar-refractivity contribution in [3.05, 3.63) is 36.2 Å². The molecule has 1 heterocycles. The van der Waals surface area contributed by atoms with Crippen LogP contribution in [0.3, 0.4) is 0 Å². The molecule has 0 aliphatic rings. The molecule has 0 unspecified atom stereocenters. The molecule has 0 amide bonds. The van der Waals surface area contributed by atoms with Gasteiger partial charge in [0.15, 0.2) is 5.82 Å². The lowest BCUT2D eigenvalue weighted by atomic mass is 10.3. The van der Waals surface area contributed by atoms with E-state index in [-0.39, 0.29) is 0 Å². The molecule has 0 fully saturated rings. The Morgan fingerprint density at radius 1 is 1.15 bits per heavy atom. The maximum Gasteiger partial charge on any atom is 0.158 e. The van der Waals surface area contributed by atoms with Crippen molar-refractivity contribution in [3.8, 4) is 0 Å². The van der Waals surface area contributed by atoms with Gasteiger partial charge in [0, 0.05) is 30.8 Å². The van der Waals surface area contributed by atoms with Crippen molar-refractivity contribution in [2.24, 2.45) is 0 Å². The summed E-state index contributed by atoms with van der Waals surface area (Å²) in [6.07, 6.45) is 2.06. The van der Waals surface area contributed by atoms with Gasteiger partial charge in [-0.05, 0) is 30.5 Å². The minimum absolute atomic E-state index is 0.385. The lowest BCUT2D eigenvalue weighted by Gasteiger charge is -2.10. The van der Waals surface area contributed by atoms with Crippen LogP contribution in [0, 0.1) is 0 Å². The second-order valence-corrected chi connectivity index (χ2v) is 4.97. The molecule has 0 atom stereocenters. The van der Waals surface area contributed by atoms with Crippen LogP contribution in [0.1, 0.15) is 5.82 Å². The fourth-order valence-corrected chi connectivity index (χ4v) is 2.11. The highest BCUT2D eigenvalue weighted by molar-refractivity contribution is 7.98. The third-order valence-electron chi connectivity index (χ3n) is 2.66. The molecule has 6 heteroatoms. The van der Waals surface area contributed by atoms with Crippen molar-refractivity contribution >= 4 is 29.1 Å². The molecule has 0 radical (unpaired) electrons. The van der Waals surface area contributed by atoms with E-state index in [2.05, 4.69) is 39.0 Å². The van der Waals surface area contributed by atoms with Crippen molar-refractivity contribution in [2.45, 2.75) is 11.5 Å². The van der Waals surface area contributed by atoms with Crippen molar-refractivity contribution in [3.63, 3.8) is 0 Å². The van der Waals surface area contributed by atoms with Gasteiger partial charge in [-0.3, -0.25) is 0 Å². The quantitative estimate of drug-likeness (QED) is 0.797. The van der Waals surface area contributed by atoms with Crippen LogP contribution in [0.2, 0.25) is 0 Å². The molecule has 1 aromatic carbocycles. The Bertz CT molecular complexity index is 560. The van der Waals surface area contributed by atoms with E-state index in [1.54, 1.807) is 18.9 Å². The Morgan fingerprint density at radius 2 is 1.85 bits per heavy atom. The molecule has 0 aliphatic carbocycles. The van der Waals surface area contributed by atoms with E-state index in [9.17, 15) is 0 Å². The Kier molecular flexibility index (Phi) is 5.20. The lowest BCUT2D eigenvalue weighted by molar-refractivity contribution is 0.178. The molecule has 0 bridgehead atoms. The van der Waals surface area contributed by atoms with Crippen LogP contribution in [-0.2, 0) is 11.3 Å². The van der Waals surface area contributed by atoms with E-state index in [1.807, 2.05) is 25.2 Å². The smallest absolute Gasteiger partial charge is 0.158 e. The predicted molar refractivity (Wildman–Crippen MR) is 83.8 cm³/mol. The molecule has 106 valence electrons. The van der Waals surface area contributed by atoms with Gasteiger partial charge < -0.3 is 15.4 Å². The topological polar surface area (TPSA) is 59.1 Å². The van der Waals surface area contributed by atoms with Crippen LogP contribution in [-0.4, -0.2) is 30.4 Å². The highest BCUT2D eigenvalue weighted by Crippen LogP contribution is 2.21.